The Hall–Kier alpha value is -2.07. The molecule has 1 amide bonds. The van der Waals surface area contributed by atoms with Crippen molar-refractivity contribution in [3.63, 3.8) is 0 Å². The number of hydrogen-bond acceptors (Lipinski definition) is 6. The van der Waals surface area contributed by atoms with Gasteiger partial charge in [-0.3, -0.25) is 4.79 Å². The van der Waals surface area contributed by atoms with Gasteiger partial charge in [-0.15, -0.1) is 11.8 Å². The molecule has 2 aromatic rings. The molecule has 1 aliphatic heterocycles. The van der Waals surface area contributed by atoms with E-state index >= 15 is 0 Å². The van der Waals surface area contributed by atoms with Crippen LogP contribution in [-0.2, 0) is 14.8 Å². The standard InChI is InChI=1S/C21H26N2O5S2/c1-27-19-9-8-17(16-20(19)30(25,26)23-11-13-28-14-12-23)21(24)22-10-5-15-29-18-6-3-2-4-7-18/h2-4,6-9,16H,5,10-15H2,1H3,(H,22,24). The van der Waals surface area contributed by atoms with Gasteiger partial charge in [-0.25, -0.2) is 8.42 Å². The number of thioether (sulfide) groups is 1. The van der Waals surface area contributed by atoms with Crippen molar-refractivity contribution in [1.82, 2.24) is 9.62 Å². The molecular weight excluding hydrogens is 424 g/mol. The molecular formula is C21H26N2O5S2. The van der Waals surface area contributed by atoms with Crippen molar-refractivity contribution in [3.8, 4) is 5.75 Å². The number of nitrogens with one attached hydrogen (secondary N) is 1. The molecule has 1 aliphatic rings. The van der Waals surface area contributed by atoms with Crippen LogP contribution in [0.15, 0.2) is 58.3 Å². The second-order valence-electron chi connectivity index (χ2n) is 6.65. The van der Waals surface area contributed by atoms with Gasteiger partial charge in [0.25, 0.3) is 5.91 Å². The molecule has 0 aliphatic carbocycles. The summed E-state index contributed by atoms with van der Waals surface area (Å²) in [7, 11) is -2.36. The molecule has 162 valence electrons. The number of benzene rings is 2. The van der Waals surface area contributed by atoms with Crippen molar-refractivity contribution in [3.05, 3.63) is 54.1 Å². The number of morpholine rings is 1. The Kier molecular flexibility index (Phi) is 8.15. The fourth-order valence-corrected chi connectivity index (χ4v) is 5.49. The van der Waals surface area contributed by atoms with Crippen LogP contribution in [0.25, 0.3) is 0 Å². The van der Waals surface area contributed by atoms with Gasteiger partial charge in [-0.2, -0.15) is 4.31 Å². The number of nitrogens with zero attached hydrogens (tertiary/aromatic N) is 1. The molecule has 2 aromatic carbocycles. The summed E-state index contributed by atoms with van der Waals surface area (Å²) >= 11 is 1.73. The van der Waals surface area contributed by atoms with Crippen molar-refractivity contribution in [1.29, 1.82) is 0 Å². The van der Waals surface area contributed by atoms with E-state index in [2.05, 4.69) is 17.4 Å². The summed E-state index contributed by atoms with van der Waals surface area (Å²) in [6.45, 7) is 1.77. The monoisotopic (exact) mass is 450 g/mol. The summed E-state index contributed by atoms with van der Waals surface area (Å²) in [4.78, 5) is 13.7. The summed E-state index contributed by atoms with van der Waals surface area (Å²) < 4.78 is 37.9. The van der Waals surface area contributed by atoms with E-state index in [9.17, 15) is 13.2 Å². The van der Waals surface area contributed by atoms with Crippen LogP contribution in [0.5, 0.6) is 5.75 Å². The first-order valence-corrected chi connectivity index (χ1v) is 12.2. The zero-order valence-electron chi connectivity index (χ0n) is 16.9. The maximum absolute atomic E-state index is 13.0. The third-order valence-corrected chi connectivity index (χ3v) is 7.65. The van der Waals surface area contributed by atoms with Crippen LogP contribution in [0, 0.1) is 0 Å². The zero-order valence-corrected chi connectivity index (χ0v) is 18.5. The second kappa shape index (κ2) is 10.8. The van der Waals surface area contributed by atoms with E-state index in [0.717, 1.165) is 12.2 Å². The number of sulfonamides is 1. The molecule has 30 heavy (non-hydrogen) atoms. The van der Waals surface area contributed by atoms with Crippen LogP contribution >= 0.6 is 11.8 Å². The Morgan fingerprint density at radius 2 is 1.90 bits per heavy atom. The van der Waals surface area contributed by atoms with Crippen molar-refractivity contribution >= 4 is 27.7 Å². The minimum Gasteiger partial charge on any atom is -0.495 e. The third kappa shape index (κ3) is 5.75. The Morgan fingerprint density at radius 1 is 1.17 bits per heavy atom. The first-order chi connectivity index (χ1) is 14.5. The number of carbonyl (C=O) groups is 1. The van der Waals surface area contributed by atoms with Gasteiger partial charge in [0.1, 0.15) is 10.6 Å². The molecule has 0 aromatic heterocycles. The molecule has 7 nitrogen and oxygen atoms in total. The topological polar surface area (TPSA) is 84.9 Å². The van der Waals surface area contributed by atoms with Crippen molar-refractivity contribution in [2.24, 2.45) is 0 Å². The quantitative estimate of drug-likeness (QED) is 0.467. The fourth-order valence-electron chi connectivity index (χ4n) is 3.03. The number of amides is 1. The number of methoxy groups -OCH3 is 1. The highest BCUT2D eigenvalue weighted by atomic mass is 32.2. The Balaban J connectivity index is 1.61. The van der Waals surface area contributed by atoms with Gasteiger partial charge in [0, 0.05) is 30.1 Å². The van der Waals surface area contributed by atoms with Crippen LogP contribution in [0.4, 0.5) is 0 Å². The van der Waals surface area contributed by atoms with Crippen LogP contribution in [-0.4, -0.2) is 64.3 Å². The normalized spacial score (nSPS) is 15.0. The Labute approximate surface area is 181 Å². The molecule has 1 fully saturated rings. The van der Waals surface area contributed by atoms with E-state index in [1.54, 1.807) is 17.8 Å². The van der Waals surface area contributed by atoms with Gasteiger partial charge in [0.15, 0.2) is 0 Å². The lowest BCUT2D eigenvalue weighted by Gasteiger charge is -2.26. The number of hydrogen-bond donors (Lipinski definition) is 1. The molecule has 0 saturated carbocycles. The average molecular weight is 451 g/mol. The van der Waals surface area contributed by atoms with E-state index in [4.69, 9.17) is 9.47 Å². The largest absolute Gasteiger partial charge is 0.495 e. The molecule has 0 spiro atoms. The summed E-state index contributed by atoms with van der Waals surface area (Å²) in [5.74, 6) is 0.793. The summed E-state index contributed by atoms with van der Waals surface area (Å²) in [6, 6.07) is 14.6. The van der Waals surface area contributed by atoms with Crippen LogP contribution in [0.1, 0.15) is 16.8 Å². The fraction of sp³-hybridized carbons (Fsp3) is 0.381. The molecule has 3 rings (SSSR count). The maximum Gasteiger partial charge on any atom is 0.251 e. The maximum atomic E-state index is 13.0. The number of rotatable bonds is 9. The van der Waals surface area contributed by atoms with Crippen LogP contribution in [0.2, 0.25) is 0 Å². The van der Waals surface area contributed by atoms with Gasteiger partial charge in [-0.1, -0.05) is 18.2 Å². The highest BCUT2D eigenvalue weighted by Crippen LogP contribution is 2.28. The van der Waals surface area contributed by atoms with E-state index in [-0.39, 0.29) is 29.6 Å². The molecule has 0 atom stereocenters. The van der Waals surface area contributed by atoms with E-state index in [0.29, 0.717) is 25.3 Å². The van der Waals surface area contributed by atoms with E-state index in [1.165, 1.54) is 28.4 Å². The molecule has 1 saturated heterocycles. The smallest absolute Gasteiger partial charge is 0.251 e. The van der Waals surface area contributed by atoms with Crippen molar-refractivity contribution < 1.29 is 22.7 Å². The SMILES string of the molecule is COc1ccc(C(=O)NCCCSc2ccccc2)cc1S(=O)(=O)N1CCOCC1. The lowest BCUT2D eigenvalue weighted by Crippen LogP contribution is -2.40. The van der Waals surface area contributed by atoms with Crippen LogP contribution in [0.3, 0.4) is 0 Å². The first-order valence-electron chi connectivity index (χ1n) is 9.74. The van der Waals surface area contributed by atoms with Crippen molar-refractivity contribution in [2.45, 2.75) is 16.2 Å². The van der Waals surface area contributed by atoms with Gasteiger partial charge in [0.05, 0.1) is 20.3 Å². The first kappa shape index (κ1) is 22.6. The highest BCUT2D eigenvalue weighted by Gasteiger charge is 2.30. The molecule has 1 N–H and O–H groups in total. The Morgan fingerprint density at radius 3 is 2.60 bits per heavy atom. The van der Waals surface area contributed by atoms with E-state index < -0.39 is 10.0 Å². The van der Waals surface area contributed by atoms with Gasteiger partial charge < -0.3 is 14.8 Å². The zero-order chi connectivity index (χ0) is 21.4. The van der Waals surface area contributed by atoms with Gasteiger partial charge in [0.2, 0.25) is 10.0 Å². The third-order valence-electron chi connectivity index (χ3n) is 4.63. The molecule has 0 bridgehead atoms. The predicted octanol–water partition coefficient (Wildman–Crippen LogP) is 2.63. The summed E-state index contributed by atoms with van der Waals surface area (Å²) in [6.07, 6.45) is 0.806. The lowest BCUT2D eigenvalue weighted by atomic mass is 10.2. The predicted molar refractivity (Wildman–Crippen MR) is 117 cm³/mol. The second-order valence-corrected chi connectivity index (χ2v) is 9.73. The summed E-state index contributed by atoms with van der Waals surface area (Å²) in [5.41, 5.74) is 0.290. The number of ether oxygens (including phenoxy) is 2. The Bertz CT molecular complexity index is 945. The highest BCUT2D eigenvalue weighted by molar-refractivity contribution is 7.99. The molecule has 1 heterocycles. The van der Waals surface area contributed by atoms with Gasteiger partial charge >= 0.3 is 0 Å². The average Bonchev–Trinajstić information content (AvgIpc) is 2.79. The molecule has 0 radical (unpaired) electrons. The lowest BCUT2D eigenvalue weighted by molar-refractivity contribution is 0.0729. The van der Waals surface area contributed by atoms with Crippen LogP contribution < -0.4 is 10.1 Å². The molecule has 9 heteroatoms. The van der Waals surface area contributed by atoms with E-state index in [1.807, 2.05) is 18.2 Å². The molecule has 0 unspecified atom stereocenters. The number of carbonyl (C=O) groups excluding carboxylic acids is 1. The minimum atomic E-state index is -3.78. The van der Waals surface area contributed by atoms with Gasteiger partial charge in [-0.05, 0) is 42.5 Å². The summed E-state index contributed by atoms with van der Waals surface area (Å²) in [5, 5.41) is 2.86. The van der Waals surface area contributed by atoms with Crippen molar-refractivity contribution in [2.75, 3.05) is 45.7 Å². The minimum absolute atomic E-state index is 0.000756.